The summed E-state index contributed by atoms with van der Waals surface area (Å²) in [6.07, 6.45) is 6.59. The molecule has 1 aliphatic heterocycles. The number of aryl methyl sites for hydroxylation is 1. The van der Waals surface area contributed by atoms with Gasteiger partial charge >= 0.3 is 0 Å². The van der Waals surface area contributed by atoms with Gasteiger partial charge in [0.1, 0.15) is 0 Å². The average Bonchev–Trinajstić information content (AvgIpc) is 2.86. The average molecular weight is 295 g/mol. The summed E-state index contributed by atoms with van der Waals surface area (Å²) in [6, 6.07) is 0. The number of aromatic nitrogens is 2. The van der Waals surface area contributed by atoms with Crippen LogP contribution in [-0.2, 0) is 13.6 Å². The summed E-state index contributed by atoms with van der Waals surface area (Å²) in [4.78, 5) is 6.52. The number of nitrogens with zero attached hydrogens (tertiary/aromatic N) is 4. The van der Waals surface area contributed by atoms with Crippen LogP contribution in [0.3, 0.4) is 0 Å². The van der Waals surface area contributed by atoms with Crippen LogP contribution in [0.4, 0.5) is 0 Å². The van der Waals surface area contributed by atoms with Crippen molar-refractivity contribution < 1.29 is 0 Å². The molecule has 112 valence electrons. The second-order valence-corrected chi connectivity index (χ2v) is 6.59. The Morgan fingerprint density at radius 3 is 2.90 bits per heavy atom. The summed E-state index contributed by atoms with van der Waals surface area (Å²) in [5.74, 6) is 4.36. The molecule has 1 N–H and O–H groups in total. The molecule has 6 heteroatoms. The Morgan fingerprint density at radius 1 is 1.55 bits per heavy atom. The molecule has 1 saturated heterocycles. The summed E-state index contributed by atoms with van der Waals surface area (Å²) in [5, 5.41) is 7.71. The van der Waals surface area contributed by atoms with Gasteiger partial charge in [0.2, 0.25) is 0 Å². The summed E-state index contributed by atoms with van der Waals surface area (Å²) in [7, 11) is 5.86. The lowest BCUT2D eigenvalue weighted by Crippen LogP contribution is -2.41. The predicted molar refractivity (Wildman–Crippen MR) is 86.1 cm³/mol. The van der Waals surface area contributed by atoms with Gasteiger partial charge in [-0.2, -0.15) is 16.9 Å². The minimum absolute atomic E-state index is 0.791. The lowest BCUT2D eigenvalue weighted by molar-refractivity contribution is 0.439. The number of hydrogen-bond acceptors (Lipinski definition) is 3. The molecule has 1 aliphatic rings. The van der Waals surface area contributed by atoms with Gasteiger partial charge in [0, 0.05) is 46.0 Å². The monoisotopic (exact) mass is 295 g/mol. The molecular formula is C14H25N5S. The first-order chi connectivity index (χ1) is 9.69. The Kier molecular flexibility index (Phi) is 5.76. The van der Waals surface area contributed by atoms with E-state index in [2.05, 4.69) is 39.1 Å². The first kappa shape index (κ1) is 15.2. The lowest BCUT2D eigenvalue weighted by Gasteiger charge is -2.26. The molecule has 0 amide bonds. The summed E-state index contributed by atoms with van der Waals surface area (Å²) in [5.41, 5.74) is 1.20. The van der Waals surface area contributed by atoms with Gasteiger partial charge in [-0.3, -0.25) is 9.67 Å². The molecule has 0 atom stereocenters. The predicted octanol–water partition coefficient (Wildman–Crippen LogP) is 1.57. The normalized spacial score (nSPS) is 17.2. The van der Waals surface area contributed by atoms with E-state index in [1.54, 1.807) is 0 Å². The molecule has 5 nitrogen and oxygen atoms in total. The van der Waals surface area contributed by atoms with Gasteiger partial charge in [0.05, 0.1) is 6.20 Å². The fraction of sp³-hybridized carbons (Fsp3) is 0.714. The van der Waals surface area contributed by atoms with E-state index in [4.69, 9.17) is 0 Å². The molecule has 0 radical (unpaired) electrons. The molecule has 2 rings (SSSR count). The Hall–Kier alpha value is -1.17. The van der Waals surface area contributed by atoms with E-state index in [-0.39, 0.29) is 0 Å². The number of thioether (sulfide) groups is 1. The highest BCUT2D eigenvalue weighted by atomic mass is 32.2. The highest BCUT2D eigenvalue weighted by molar-refractivity contribution is 7.99. The van der Waals surface area contributed by atoms with E-state index in [9.17, 15) is 0 Å². The fourth-order valence-electron chi connectivity index (χ4n) is 2.47. The number of rotatable bonds is 4. The van der Waals surface area contributed by atoms with Crippen LogP contribution >= 0.6 is 11.8 Å². The van der Waals surface area contributed by atoms with Crippen LogP contribution in [0.15, 0.2) is 17.4 Å². The van der Waals surface area contributed by atoms with Gasteiger partial charge in [-0.1, -0.05) is 0 Å². The molecule has 0 spiro atoms. The van der Waals surface area contributed by atoms with E-state index in [1.807, 2.05) is 31.2 Å². The quantitative estimate of drug-likeness (QED) is 0.676. The highest BCUT2D eigenvalue weighted by Crippen LogP contribution is 2.21. The Bertz CT molecular complexity index is 437. The molecule has 1 aromatic heterocycles. The topological polar surface area (TPSA) is 45.5 Å². The van der Waals surface area contributed by atoms with Gasteiger partial charge in [-0.15, -0.1) is 0 Å². The molecule has 2 heterocycles. The molecule has 20 heavy (non-hydrogen) atoms. The van der Waals surface area contributed by atoms with E-state index in [0.717, 1.165) is 25.0 Å². The zero-order chi connectivity index (χ0) is 14.4. The fourth-order valence-corrected chi connectivity index (χ4v) is 3.68. The molecule has 0 aliphatic carbocycles. The Labute approximate surface area is 125 Å². The van der Waals surface area contributed by atoms with Gasteiger partial charge < -0.3 is 10.2 Å². The minimum atomic E-state index is 0.791. The maximum Gasteiger partial charge on any atom is 0.193 e. The zero-order valence-corrected chi connectivity index (χ0v) is 13.5. The Balaban J connectivity index is 1.81. The smallest absolute Gasteiger partial charge is 0.193 e. The van der Waals surface area contributed by atoms with E-state index >= 15 is 0 Å². The lowest BCUT2D eigenvalue weighted by atomic mass is 10.0. The van der Waals surface area contributed by atoms with Crippen LogP contribution in [0, 0.1) is 5.92 Å². The second-order valence-electron chi connectivity index (χ2n) is 5.36. The van der Waals surface area contributed by atoms with Crippen LogP contribution in [0.2, 0.25) is 0 Å². The minimum Gasteiger partial charge on any atom is -0.356 e. The molecular weight excluding hydrogens is 270 g/mol. The summed E-state index contributed by atoms with van der Waals surface area (Å²) >= 11 is 2.07. The molecule has 1 aromatic rings. The zero-order valence-electron chi connectivity index (χ0n) is 12.7. The van der Waals surface area contributed by atoms with Crippen molar-refractivity contribution in [2.24, 2.45) is 18.0 Å². The van der Waals surface area contributed by atoms with Crippen molar-refractivity contribution in [2.45, 2.75) is 19.4 Å². The number of hydrogen-bond donors (Lipinski definition) is 1. The van der Waals surface area contributed by atoms with Crippen molar-refractivity contribution in [3.63, 3.8) is 0 Å². The molecule has 1 fully saturated rings. The third kappa shape index (κ3) is 4.44. The number of aliphatic imine (C=N–C) groups is 1. The number of guanidine groups is 1. The largest absolute Gasteiger partial charge is 0.356 e. The summed E-state index contributed by atoms with van der Waals surface area (Å²) < 4.78 is 1.83. The first-order valence-corrected chi connectivity index (χ1v) is 8.31. The van der Waals surface area contributed by atoms with Crippen molar-refractivity contribution in [3.8, 4) is 0 Å². The van der Waals surface area contributed by atoms with Gasteiger partial charge in [-0.05, 0) is 30.3 Å². The van der Waals surface area contributed by atoms with Crippen LogP contribution in [0.1, 0.15) is 18.4 Å². The van der Waals surface area contributed by atoms with Crippen molar-refractivity contribution >= 4 is 17.7 Å². The van der Waals surface area contributed by atoms with Gasteiger partial charge in [0.25, 0.3) is 0 Å². The highest BCUT2D eigenvalue weighted by Gasteiger charge is 2.15. The van der Waals surface area contributed by atoms with Crippen LogP contribution < -0.4 is 5.32 Å². The maximum atomic E-state index is 4.37. The maximum absolute atomic E-state index is 4.37. The Morgan fingerprint density at radius 2 is 2.30 bits per heavy atom. The SMILES string of the molecule is CN=C(NCC1CCSCC1)N(C)Cc1cnn(C)c1. The van der Waals surface area contributed by atoms with E-state index in [1.165, 1.54) is 29.9 Å². The molecule has 0 aromatic carbocycles. The van der Waals surface area contributed by atoms with Crippen molar-refractivity contribution in [3.05, 3.63) is 18.0 Å². The van der Waals surface area contributed by atoms with Gasteiger partial charge in [-0.25, -0.2) is 0 Å². The van der Waals surface area contributed by atoms with Gasteiger partial charge in [0.15, 0.2) is 5.96 Å². The molecule has 0 bridgehead atoms. The van der Waals surface area contributed by atoms with E-state index in [0.29, 0.717) is 0 Å². The van der Waals surface area contributed by atoms with Crippen molar-refractivity contribution in [1.82, 2.24) is 20.0 Å². The van der Waals surface area contributed by atoms with Crippen LogP contribution in [-0.4, -0.2) is 52.8 Å². The number of nitrogens with one attached hydrogen (secondary N) is 1. The molecule has 0 saturated carbocycles. The van der Waals surface area contributed by atoms with Crippen LogP contribution in [0.25, 0.3) is 0 Å². The van der Waals surface area contributed by atoms with Crippen molar-refractivity contribution in [2.75, 3.05) is 32.1 Å². The van der Waals surface area contributed by atoms with Crippen LogP contribution in [0.5, 0.6) is 0 Å². The van der Waals surface area contributed by atoms with Crippen molar-refractivity contribution in [1.29, 1.82) is 0 Å². The van der Waals surface area contributed by atoms with E-state index < -0.39 is 0 Å². The summed E-state index contributed by atoms with van der Waals surface area (Å²) in [6.45, 7) is 1.86. The third-order valence-electron chi connectivity index (χ3n) is 3.64. The second kappa shape index (κ2) is 7.57. The molecule has 0 unspecified atom stereocenters. The first-order valence-electron chi connectivity index (χ1n) is 7.16. The standard InChI is InChI=1S/C14H25N5S/c1-15-14(16-8-12-4-6-20-7-5-12)18(2)10-13-9-17-19(3)11-13/h9,11-12H,4-8,10H2,1-3H3,(H,15,16). The third-order valence-corrected chi connectivity index (χ3v) is 4.69.